The van der Waals surface area contributed by atoms with Crippen LogP contribution in [-0.2, 0) is 11.0 Å². The predicted molar refractivity (Wildman–Crippen MR) is 114 cm³/mol. The van der Waals surface area contributed by atoms with Gasteiger partial charge in [-0.1, -0.05) is 35.5 Å². The SMILES string of the molecule is C[C@@H]1CC[C@](C(=O)c2cccnc2-c2ccccc2)(c2cc(C(C)(C)O)no2)CN1. The van der Waals surface area contributed by atoms with Crippen LogP contribution in [0, 0.1) is 0 Å². The molecule has 0 unspecified atom stereocenters. The maximum absolute atomic E-state index is 14.1. The lowest BCUT2D eigenvalue weighted by molar-refractivity contribution is 0.0695. The number of aromatic nitrogens is 2. The lowest BCUT2D eigenvalue weighted by Crippen LogP contribution is -2.52. The van der Waals surface area contributed by atoms with Gasteiger partial charge in [0.25, 0.3) is 0 Å². The van der Waals surface area contributed by atoms with Crippen molar-refractivity contribution < 1.29 is 14.4 Å². The van der Waals surface area contributed by atoms with Crippen LogP contribution in [0.1, 0.15) is 55.4 Å². The average molecular weight is 405 g/mol. The third-order valence-electron chi connectivity index (χ3n) is 5.90. The maximum Gasteiger partial charge on any atom is 0.180 e. The van der Waals surface area contributed by atoms with Gasteiger partial charge in [-0.15, -0.1) is 0 Å². The van der Waals surface area contributed by atoms with Crippen molar-refractivity contribution in [2.45, 2.75) is 50.7 Å². The molecule has 156 valence electrons. The lowest BCUT2D eigenvalue weighted by Gasteiger charge is -2.37. The van der Waals surface area contributed by atoms with E-state index in [-0.39, 0.29) is 5.78 Å². The molecule has 1 fully saturated rings. The van der Waals surface area contributed by atoms with E-state index in [0.717, 1.165) is 12.0 Å². The van der Waals surface area contributed by atoms with Crippen LogP contribution in [0.3, 0.4) is 0 Å². The molecule has 1 aromatic carbocycles. The maximum atomic E-state index is 14.1. The van der Waals surface area contributed by atoms with Gasteiger partial charge in [0.15, 0.2) is 11.5 Å². The molecule has 6 heteroatoms. The Bertz CT molecular complexity index is 1030. The Hall–Kier alpha value is -2.83. The van der Waals surface area contributed by atoms with E-state index in [9.17, 15) is 9.90 Å². The van der Waals surface area contributed by atoms with Gasteiger partial charge in [-0.05, 0) is 45.7 Å². The Labute approximate surface area is 176 Å². The molecule has 1 aliphatic heterocycles. The highest BCUT2D eigenvalue weighted by atomic mass is 16.5. The largest absolute Gasteiger partial charge is 0.384 e. The molecule has 2 aromatic heterocycles. The smallest absolute Gasteiger partial charge is 0.180 e. The number of carbonyl (C=O) groups is 1. The summed E-state index contributed by atoms with van der Waals surface area (Å²) in [5.74, 6) is 0.430. The Balaban J connectivity index is 1.82. The number of rotatable bonds is 5. The number of ketones is 1. The monoisotopic (exact) mass is 405 g/mol. The minimum atomic E-state index is -1.15. The van der Waals surface area contributed by atoms with Crippen molar-refractivity contribution in [3.8, 4) is 11.3 Å². The highest BCUT2D eigenvalue weighted by molar-refractivity contribution is 6.08. The summed E-state index contributed by atoms with van der Waals surface area (Å²) in [5.41, 5.74) is 0.464. The molecule has 4 rings (SSSR count). The van der Waals surface area contributed by atoms with Gasteiger partial charge in [0, 0.05) is 36.0 Å². The second-order valence-corrected chi connectivity index (χ2v) is 8.63. The molecule has 0 spiro atoms. The zero-order valence-electron chi connectivity index (χ0n) is 17.6. The third-order valence-corrected chi connectivity index (χ3v) is 5.90. The Morgan fingerprint density at radius 3 is 2.63 bits per heavy atom. The fourth-order valence-electron chi connectivity index (χ4n) is 3.98. The Morgan fingerprint density at radius 2 is 2.00 bits per heavy atom. The fraction of sp³-hybridized carbons (Fsp3) is 0.375. The van der Waals surface area contributed by atoms with Crippen molar-refractivity contribution in [2.24, 2.45) is 0 Å². The molecule has 0 amide bonds. The van der Waals surface area contributed by atoms with Crippen LogP contribution < -0.4 is 5.32 Å². The van der Waals surface area contributed by atoms with E-state index in [1.165, 1.54) is 0 Å². The van der Waals surface area contributed by atoms with Gasteiger partial charge in [0.05, 0.1) is 5.69 Å². The summed E-state index contributed by atoms with van der Waals surface area (Å²) in [6.45, 7) is 5.85. The summed E-state index contributed by atoms with van der Waals surface area (Å²) in [7, 11) is 0. The first-order valence-corrected chi connectivity index (χ1v) is 10.3. The number of benzene rings is 1. The van der Waals surface area contributed by atoms with Gasteiger partial charge < -0.3 is 14.9 Å². The van der Waals surface area contributed by atoms with Crippen LogP contribution in [0.25, 0.3) is 11.3 Å². The molecule has 3 heterocycles. The van der Waals surface area contributed by atoms with Crippen molar-refractivity contribution in [1.82, 2.24) is 15.5 Å². The third kappa shape index (κ3) is 3.68. The number of nitrogens with one attached hydrogen (secondary N) is 1. The predicted octanol–water partition coefficient (Wildman–Crippen LogP) is 3.86. The van der Waals surface area contributed by atoms with Gasteiger partial charge in [-0.3, -0.25) is 9.78 Å². The number of piperidine rings is 1. The van der Waals surface area contributed by atoms with Crippen molar-refractivity contribution in [1.29, 1.82) is 0 Å². The number of nitrogens with zero attached hydrogens (tertiary/aromatic N) is 2. The summed E-state index contributed by atoms with van der Waals surface area (Å²) in [4.78, 5) is 18.6. The molecule has 0 bridgehead atoms. The van der Waals surface area contributed by atoms with Gasteiger partial charge in [-0.25, -0.2) is 0 Å². The normalized spacial score (nSPS) is 22.1. The first kappa shape index (κ1) is 20.4. The molecule has 2 atom stereocenters. The number of hydrogen-bond acceptors (Lipinski definition) is 6. The van der Waals surface area contributed by atoms with Gasteiger partial charge >= 0.3 is 0 Å². The molecule has 0 saturated carbocycles. The second-order valence-electron chi connectivity index (χ2n) is 8.63. The van der Waals surface area contributed by atoms with Crippen LogP contribution in [0.4, 0.5) is 0 Å². The van der Waals surface area contributed by atoms with Gasteiger partial charge in [0.2, 0.25) is 0 Å². The van der Waals surface area contributed by atoms with E-state index in [0.29, 0.717) is 41.7 Å². The molecule has 1 aliphatic rings. The number of hydrogen-bond donors (Lipinski definition) is 2. The molecular weight excluding hydrogens is 378 g/mol. The molecule has 30 heavy (non-hydrogen) atoms. The zero-order chi connectivity index (χ0) is 21.4. The summed E-state index contributed by atoms with van der Waals surface area (Å²) in [6.07, 6.45) is 3.16. The fourth-order valence-corrected chi connectivity index (χ4v) is 3.98. The van der Waals surface area contributed by atoms with Crippen LogP contribution in [-0.4, -0.2) is 33.6 Å². The molecule has 0 radical (unpaired) electrons. The van der Waals surface area contributed by atoms with Crippen LogP contribution in [0.2, 0.25) is 0 Å². The van der Waals surface area contributed by atoms with Crippen LogP contribution in [0.5, 0.6) is 0 Å². The number of aliphatic hydroxyl groups is 1. The minimum absolute atomic E-state index is 0.0488. The van der Waals surface area contributed by atoms with E-state index in [4.69, 9.17) is 4.52 Å². The molecular formula is C24H27N3O3. The highest BCUT2D eigenvalue weighted by Gasteiger charge is 2.47. The van der Waals surface area contributed by atoms with Crippen molar-refractivity contribution in [2.75, 3.05) is 6.54 Å². The molecule has 2 N–H and O–H groups in total. The van der Waals surface area contributed by atoms with Crippen LogP contribution in [0.15, 0.2) is 59.3 Å². The highest BCUT2D eigenvalue weighted by Crippen LogP contribution is 2.39. The van der Waals surface area contributed by atoms with E-state index in [1.807, 2.05) is 36.4 Å². The first-order valence-electron chi connectivity index (χ1n) is 10.3. The van der Waals surface area contributed by atoms with E-state index in [1.54, 1.807) is 32.2 Å². The summed E-state index contributed by atoms with van der Waals surface area (Å²) >= 11 is 0. The molecule has 6 nitrogen and oxygen atoms in total. The first-order chi connectivity index (χ1) is 14.3. The van der Waals surface area contributed by atoms with Crippen molar-refractivity contribution in [3.63, 3.8) is 0 Å². The summed E-state index contributed by atoms with van der Waals surface area (Å²) < 4.78 is 5.67. The Kier molecular flexibility index (Phi) is 5.30. The minimum Gasteiger partial charge on any atom is -0.384 e. The second kappa shape index (κ2) is 7.78. The van der Waals surface area contributed by atoms with Gasteiger partial charge in [0.1, 0.15) is 16.7 Å². The van der Waals surface area contributed by atoms with Crippen molar-refractivity contribution >= 4 is 5.78 Å². The zero-order valence-corrected chi connectivity index (χ0v) is 17.6. The molecule has 3 aromatic rings. The number of carbonyl (C=O) groups excluding carboxylic acids is 1. The Morgan fingerprint density at radius 1 is 1.23 bits per heavy atom. The van der Waals surface area contributed by atoms with Crippen molar-refractivity contribution in [3.05, 3.63) is 71.7 Å². The standard InChI is InChI=1S/C24H27N3O3/c1-16-11-12-24(15-26-16,20-14-19(27-30-20)23(2,3)29)22(28)18-10-7-13-25-21(18)17-8-5-4-6-9-17/h4-10,13-14,16,26,29H,11-12,15H2,1-3H3/t16-,24-/m1/s1. The van der Waals surface area contributed by atoms with E-state index in [2.05, 4.69) is 22.4 Å². The lowest BCUT2D eigenvalue weighted by atomic mass is 9.71. The van der Waals surface area contributed by atoms with E-state index >= 15 is 0 Å². The summed E-state index contributed by atoms with van der Waals surface area (Å²) in [6, 6.07) is 15.3. The molecule has 1 saturated heterocycles. The average Bonchev–Trinajstić information content (AvgIpc) is 3.26. The van der Waals surface area contributed by atoms with Crippen LogP contribution >= 0.6 is 0 Å². The van der Waals surface area contributed by atoms with Gasteiger partial charge in [-0.2, -0.15) is 0 Å². The number of pyridine rings is 1. The summed E-state index contributed by atoms with van der Waals surface area (Å²) in [5, 5.41) is 17.8. The topological polar surface area (TPSA) is 88.2 Å². The quantitative estimate of drug-likeness (QED) is 0.627. The number of Topliss-reactive ketones (excluding diaryl/α,β-unsaturated/α-hetero) is 1. The van der Waals surface area contributed by atoms with E-state index < -0.39 is 11.0 Å². The molecule has 0 aliphatic carbocycles.